The molecular weight excluding hydrogens is 197 g/mol. The normalized spacial score (nSPS) is 10.4. The molecule has 1 rings (SSSR count). The van der Waals surface area contributed by atoms with Gasteiger partial charge in [-0.25, -0.2) is 13.2 Å². The van der Waals surface area contributed by atoms with Crippen LogP contribution in [0.25, 0.3) is 0 Å². The van der Waals surface area contributed by atoms with E-state index in [9.17, 15) is 18.0 Å². The number of carbonyl (C=O) groups excluding carboxylic acids is 1. The number of ether oxygens (including phenoxy) is 1. The monoisotopic (exact) mass is 204 g/mol. The predicted octanol–water partition coefficient (Wildman–Crippen LogP) is 2.69. The second kappa shape index (κ2) is 4.13. The van der Waals surface area contributed by atoms with Crippen LogP contribution in [-0.4, -0.2) is 5.97 Å². The smallest absolute Gasteiger partial charge is 0.308 e. The fraction of sp³-hybridized carbons (Fsp3) is 0.222. The van der Waals surface area contributed by atoms with Gasteiger partial charge in [-0.15, -0.1) is 0 Å². The number of hydrogen-bond acceptors (Lipinski definition) is 2. The van der Waals surface area contributed by atoms with Gasteiger partial charge >= 0.3 is 5.97 Å². The fourth-order valence-electron chi connectivity index (χ4n) is 0.938. The van der Waals surface area contributed by atoms with Gasteiger partial charge in [0.2, 0.25) is 0 Å². The van der Waals surface area contributed by atoms with E-state index in [0.29, 0.717) is 6.07 Å². The molecule has 0 fully saturated rings. The minimum absolute atomic E-state index is 0.311. The quantitative estimate of drug-likeness (QED) is 0.546. The van der Waals surface area contributed by atoms with E-state index in [2.05, 4.69) is 4.74 Å². The highest BCUT2D eigenvalue weighted by Crippen LogP contribution is 2.29. The van der Waals surface area contributed by atoms with Gasteiger partial charge in [0.15, 0.2) is 0 Å². The zero-order valence-corrected chi connectivity index (χ0v) is 7.26. The number of esters is 1. The summed E-state index contributed by atoms with van der Waals surface area (Å²) in [7, 11) is 0. The molecule has 0 saturated heterocycles. The Labute approximate surface area is 78.3 Å². The maximum atomic E-state index is 12.6. The molecule has 0 amide bonds. The van der Waals surface area contributed by atoms with Gasteiger partial charge in [-0.1, -0.05) is 0 Å². The van der Waals surface area contributed by atoms with Gasteiger partial charge in [-0.05, 0) is 18.2 Å². The van der Waals surface area contributed by atoms with E-state index >= 15 is 0 Å². The molecular formula is C9H7F3O2. The minimum atomic E-state index is -2.87. The molecule has 5 heteroatoms. The molecule has 0 aliphatic heterocycles. The Balaban J connectivity index is 3.08. The van der Waals surface area contributed by atoms with E-state index in [0.717, 1.165) is 19.1 Å². The molecule has 1 aromatic carbocycles. The van der Waals surface area contributed by atoms with E-state index < -0.39 is 23.8 Å². The maximum absolute atomic E-state index is 12.6. The Morgan fingerprint density at radius 2 is 2.07 bits per heavy atom. The first kappa shape index (κ1) is 10.6. The van der Waals surface area contributed by atoms with Gasteiger partial charge in [0.25, 0.3) is 6.43 Å². The van der Waals surface area contributed by atoms with E-state index in [-0.39, 0.29) is 5.75 Å². The Morgan fingerprint density at radius 3 is 2.57 bits per heavy atom. The number of benzene rings is 1. The third-order valence-corrected chi connectivity index (χ3v) is 1.46. The summed E-state index contributed by atoms with van der Waals surface area (Å²) in [6, 6.07) is 2.59. The van der Waals surface area contributed by atoms with Gasteiger partial charge in [0.05, 0.1) is 5.56 Å². The summed E-state index contributed by atoms with van der Waals surface area (Å²) in [5.74, 6) is -1.83. The summed E-state index contributed by atoms with van der Waals surface area (Å²) in [4.78, 5) is 10.5. The summed E-state index contributed by atoms with van der Waals surface area (Å²) in [5.41, 5.74) is -0.625. The van der Waals surface area contributed by atoms with Crippen molar-refractivity contribution in [2.24, 2.45) is 0 Å². The van der Waals surface area contributed by atoms with Crippen LogP contribution in [0.3, 0.4) is 0 Å². The van der Waals surface area contributed by atoms with Crippen LogP contribution in [0.4, 0.5) is 13.2 Å². The van der Waals surface area contributed by atoms with Crippen LogP contribution >= 0.6 is 0 Å². The van der Waals surface area contributed by atoms with Crippen LogP contribution in [-0.2, 0) is 4.79 Å². The highest BCUT2D eigenvalue weighted by atomic mass is 19.3. The lowest BCUT2D eigenvalue weighted by Gasteiger charge is -2.07. The first-order chi connectivity index (χ1) is 6.50. The SMILES string of the molecule is CC(=O)Oc1ccc(F)cc1C(F)F. The fourth-order valence-corrected chi connectivity index (χ4v) is 0.938. The Kier molecular flexibility index (Phi) is 3.11. The molecule has 0 N–H and O–H groups in total. The Bertz CT molecular complexity index is 350. The van der Waals surface area contributed by atoms with Crippen molar-refractivity contribution in [3.05, 3.63) is 29.6 Å². The van der Waals surface area contributed by atoms with Gasteiger partial charge < -0.3 is 4.74 Å². The van der Waals surface area contributed by atoms with Crippen molar-refractivity contribution in [1.29, 1.82) is 0 Å². The largest absolute Gasteiger partial charge is 0.426 e. The highest BCUT2D eigenvalue weighted by molar-refractivity contribution is 5.69. The van der Waals surface area contributed by atoms with E-state index in [1.807, 2.05) is 0 Å². The standard InChI is InChI=1S/C9H7F3O2/c1-5(13)14-8-3-2-6(10)4-7(8)9(11)12/h2-4,9H,1H3. The third-order valence-electron chi connectivity index (χ3n) is 1.46. The molecule has 76 valence electrons. The molecule has 0 aliphatic rings. The average molecular weight is 204 g/mol. The van der Waals surface area contributed by atoms with Gasteiger partial charge in [0.1, 0.15) is 11.6 Å². The van der Waals surface area contributed by atoms with E-state index in [1.54, 1.807) is 0 Å². The van der Waals surface area contributed by atoms with Gasteiger partial charge in [-0.3, -0.25) is 4.79 Å². The van der Waals surface area contributed by atoms with Crippen LogP contribution in [0.2, 0.25) is 0 Å². The zero-order valence-electron chi connectivity index (χ0n) is 7.26. The predicted molar refractivity (Wildman–Crippen MR) is 42.7 cm³/mol. The van der Waals surface area contributed by atoms with Crippen LogP contribution < -0.4 is 4.74 Å². The number of hydrogen-bond donors (Lipinski definition) is 0. The molecule has 0 heterocycles. The van der Waals surface area contributed by atoms with Gasteiger partial charge in [-0.2, -0.15) is 0 Å². The highest BCUT2D eigenvalue weighted by Gasteiger charge is 2.16. The maximum Gasteiger partial charge on any atom is 0.308 e. The van der Waals surface area contributed by atoms with E-state index in [4.69, 9.17) is 0 Å². The van der Waals surface area contributed by atoms with Crippen molar-refractivity contribution in [1.82, 2.24) is 0 Å². The first-order valence-electron chi connectivity index (χ1n) is 3.76. The molecule has 0 atom stereocenters. The molecule has 0 bridgehead atoms. The molecule has 2 nitrogen and oxygen atoms in total. The summed E-state index contributed by atoms with van der Waals surface area (Å²) in [6.45, 7) is 1.08. The lowest BCUT2D eigenvalue weighted by Crippen LogP contribution is -2.04. The van der Waals surface area contributed by atoms with Crippen molar-refractivity contribution in [3.8, 4) is 5.75 Å². The summed E-state index contributed by atoms with van der Waals surface area (Å²) >= 11 is 0. The Hall–Kier alpha value is -1.52. The zero-order chi connectivity index (χ0) is 10.7. The molecule has 14 heavy (non-hydrogen) atoms. The van der Waals surface area contributed by atoms with Crippen molar-refractivity contribution in [2.75, 3.05) is 0 Å². The number of alkyl halides is 2. The second-order valence-corrected chi connectivity index (χ2v) is 2.58. The van der Waals surface area contributed by atoms with Crippen molar-refractivity contribution < 1.29 is 22.7 Å². The van der Waals surface area contributed by atoms with Crippen molar-refractivity contribution >= 4 is 5.97 Å². The number of rotatable bonds is 2. The van der Waals surface area contributed by atoms with Gasteiger partial charge in [0, 0.05) is 6.92 Å². The molecule has 1 aromatic rings. The molecule has 0 radical (unpaired) electrons. The summed E-state index contributed by atoms with van der Waals surface area (Å²) in [5, 5.41) is 0. The topological polar surface area (TPSA) is 26.3 Å². The van der Waals surface area contributed by atoms with Crippen molar-refractivity contribution in [3.63, 3.8) is 0 Å². The summed E-state index contributed by atoms with van der Waals surface area (Å²) in [6.07, 6.45) is -2.87. The van der Waals surface area contributed by atoms with Crippen LogP contribution in [0.15, 0.2) is 18.2 Å². The molecule has 0 saturated carbocycles. The molecule has 0 aliphatic carbocycles. The van der Waals surface area contributed by atoms with Crippen LogP contribution in [0.1, 0.15) is 18.9 Å². The third kappa shape index (κ3) is 2.48. The first-order valence-corrected chi connectivity index (χ1v) is 3.76. The van der Waals surface area contributed by atoms with Crippen LogP contribution in [0.5, 0.6) is 5.75 Å². The Morgan fingerprint density at radius 1 is 1.43 bits per heavy atom. The molecule has 0 spiro atoms. The number of halogens is 3. The molecule has 0 unspecified atom stereocenters. The summed E-state index contributed by atoms with van der Waals surface area (Å²) < 4.78 is 41.6. The van der Waals surface area contributed by atoms with Crippen LogP contribution in [0, 0.1) is 5.82 Å². The lowest BCUT2D eigenvalue weighted by molar-refractivity contribution is -0.132. The average Bonchev–Trinajstić information content (AvgIpc) is 2.07. The van der Waals surface area contributed by atoms with Crippen molar-refractivity contribution in [2.45, 2.75) is 13.3 Å². The minimum Gasteiger partial charge on any atom is -0.426 e. The molecule has 0 aromatic heterocycles. The lowest BCUT2D eigenvalue weighted by atomic mass is 10.2. The van der Waals surface area contributed by atoms with E-state index in [1.165, 1.54) is 0 Å². The second-order valence-electron chi connectivity index (χ2n) is 2.58. The number of carbonyl (C=O) groups is 1.